The van der Waals surface area contributed by atoms with Crippen molar-refractivity contribution < 1.29 is 4.79 Å². The van der Waals surface area contributed by atoms with Crippen molar-refractivity contribution in [1.82, 2.24) is 14.3 Å². The van der Waals surface area contributed by atoms with Gasteiger partial charge in [-0.25, -0.2) is 0 Å². The Balaban J connectivity index is 2.08. The van der Waals surface area contributed by atoms with Crippen molar-refractivity contribution in [3.63, 3.8) is 0 Å². The predicted octanol–water partition coefficient (Wildman–Crippen LogP) is 2.89. The number of carbonyl (C=O) groups is 1. The standard InChI is InChI=1S/C26H22N4O2S/c1-4-18-9-7-10-20(12-18)30-25(32)23(13-19-15-28-29(3)16-19)33-26(30)22(14-27)24(31)21-11-6-5-8-17(21)2/h5-13,15-16H,4H2,1-3H3/b23-13+,26-22-. The second-order valence-corrected chi connectivity index (χ2v) is 8.69. The molecule has 2 aromatic heterocycles. The Kier molecular flexibility index (Phi) is 6.20. The monoisotopic (exact) mass is 454 g/mol. The Labute approximate surface area is 195 Å². The molecule has 0 fully saturated rings. The van der Waals surface area contributed by atoms with Crippen LogP contribution in [0.3, 0.4) is 0 Å². The van der Waals surface area contributed by atoms with Gasteiger partial charge in [-0.15, -0.1) is 11.3 Å². The van der Waals surface area contributed by atoms with Crippen LogP contribution in [0.25, 0.3) is 17.3 Å². The summed E-state index contributed by atoms with van der Waals surface area (Å²) in [5, 5.41) is 14.2. The molecule has 0 N–H and O–H groups in total. The van der Waals surface area contributed by atoms with E-state index in [1.807, 2.05) is 50.2 Å². The molecular weight excluding hydrogens is 432 g/mol. The van der Waals surface area contributed by atoms with Crippen molar-refractivity contribution in [3.05, 3.63) is 103 Å². The highest BCUT2D eigenvalue weighted by Gasteiger charge is 2.19. The second-order valence-electron chi connectivity index (χ2n) is 7.66. The highest BCUT2D eigenvalue weighted by atomic mass is 32.1. The van der Waals surface area contributed by atoms with Gasteiger partial charge < -0.3 is 0 Å². The van der Waals surface area contributed by atoms with Crippen LogP contribution in [0.1, 0.15) is 34.0 Å². The average molecular weight is 455 g/mol. The summed E-state index contributed by atoms with van der Waals surface area (Å²) in [5.41, 5.74) is 3.33. The molecule has 2 aromatic carbocycles. The summed E-state index contributed by atoms with van der Waals surface area (Å²) >= 11 is 1.14. The van der Waals surface area contributed by atoms with Crippen molar-refractivity contribution in [3.8, 4) is 11.8 Å². The van der Waals surface area contributed by atoms with Gasteiger partial charge in [-0.3, -0.25) is 18.8 Å². The third-order valence-corrected chi connectivity index (χ3v) is 6.46. The van der Waals surface area contributed by atoms with Gasteiger partial charge in [0.1, 0.15) is 16.3 Å². The first-order chi connectivity index (χ1) is 15.9. The molecule has 0 spiro atoms. The molecule has 0 unspecified atom stereocenters. The number of aryl methyl sites for hydroxylation is 3. The number of thiazole rings is 1. The number of aromatic nitrogens is 3. The normalized spacial score (nSPS) is 12.5. The van der Waals surface area contributed by atoms with E-state index in [1.165, 1.54) is 4.57 Å². The first-order valence-electron chi connectivity index (χ1n) is 10.5. The lowest BCUT2D eigenvalue weighted by Crippen LogP contribution is -2.31. The van der Waals surface area contributed by atoms with Crippen molar-refractivity contribution >= 4 is 28.8 Å². The lowest BCUT2D eigenvalue weighted by atomic mass is 10.0. The van der Waals surface area contributed by atoms with Gasteiger partial charge in [0.25, 0.3) is 5.56 Å². The molecular formula is C26H22N4O2S. The van der Waals surface area contributed by atoms with Crippen molar-refractivity contribution in [2.24, 2.45) is 7.05 Å². The van der Waals surface area contributed by atoms with Crippen LogP contribution < -0.4 is 14.8 Å². The largest absolute Gasteiger partial charge is 0.288 e. The molecule has 164 valence electrons. The second kappa shape index (κ2) is 9.23. The smallest absolute Gasteiger partial charge is 0.273 e. The molecule has 6 nitrogen and oxygen atoms in total. The summed E-state index contributed by atoms with van der Waals surface area (Å²) in [5.74, 6) is -0.398. The van der Waals surface area contributed by atoms with Crippen molar-refractivity contribution in [2.75, 3.05) is 0 Å². The number of hydrogen-bond acceptors (Lipinski definition) is 5. The number of carbonyl (C=O) groups excluding carboxylic acids is 1. The number of rotatable bonds is 5. The van der Waals surface area contributed by atoms with E-state index in [-0.39, 0.29) is 11.1 Å². The summed E-state index contributed by atoms with van der Waals surface area (Å²) < 4.78 is 3.86. The van der Waals surface area contributed by atoms with Gasteiger partial charge in [-0.2, -0.15) is 10.4 Å². The van der Waals surface area contributed by atoms with E-state index in [0.717, 1.165) is 34.4 Å². The van der Waals surface area contributed by atoms with Gasteiger partial charge in [0.2, 0.25) is 5.78 Å². The number of ketones is 1. The summed E-state index contributed by atoms with van der Waals surface area (Å²) in [4.78, 5) is 26.9. The van der Waals surface area contributed by atoms with E-state index in [4.69, 9.17) is 0 Å². The Morgan fingerprint density at radius 1 is 1.21 bits per heavy atom. The van der Waals surface area contributed by atoms with Crippen molar-refractivity contribution in [2.45, 2.75) is 20.3 Å². The summed E-state index contributed by atoms with van der Waals surface area (Å²) in [6, 6.07) is 16.8. The molecule has 0 atom stereocenters. The third-order valence-electron chi connectivity index (χ3n) is 5.37. The average Bonchev–Trinajstić information content (AvgIpc) is 3.37. The minimum Gasteiger partial charge on any atom is -0.288 e. The van der Waals surface area contributed by atoms with Crippen LogP contribution in [-0.2, 0) is 13.5 Å². The summed E-state index contributed by atoms with van der Waals surface area (Å²) in [6.07, 6.45) is 5.99. The minimum atomic E-state index is -0.398. The molecule has 0 saturated carbocycles. The van der Waals surface area contributed by atoms with Gasteiger partial charge in [-0.05, 0) is 42.7 Å². The zero-order chi connectivity index (χ0) is 23.5. The first-order valence-corrected chi connectivity index (χ1v) is 11.3. The lowest BCUT2D eigenvalue weighted by Gasteiger charge is -2.07. The molecule has 0 radical (unpaired) electrons. The Bertz CT molecular complexity index is 1580. The summed E-state index contributed by atoms with van der Waals surface area (Å²) in [6.45, 7) is 3.86. The molecule has 0 bridgehead atoms. The number of nitriles is 1. The topological polar surface area (TPSA) is 80.7 Å². The number of nitrogens with zero attached hydrogens (tertiary/aromatic N) is 4. The van der Waals surface area contributed by atoms with E-state index in [2.05, 4.69) is 11.2 Å². The quantitative estimate of drug-likeness (QED) is 0.434. The lowest BCUT2D eigenvalue weighted by molar-refractivity contribution is 0.105. The van der Waals surface area contributed by atoms with Crippen LogP contribution in [0.5, 0.6) is 0 Å². The number of benzene rings is 2. The molecule has 0 aliphatic heterocycles. The van der Waals surface area contributed by atoms with Crippen LogP contribution in [0.4, 0.5) is 0 Å². The van der Waals surface area contributed by atoms with E-state index < -0.39 is 5.78 Å². The van der Waals surface area contributed by atoms with E-state index in [9.17, 15) is 14.9 Å². The number of hydrogen-bond donors (Lipinski definition) is 0. The minimum absolute atomic E-state index is 0.0564. The molecule has 4 rings (SSSR count). The van der Waals surface area contributed by atoms with E-state index >= 15 is 0 Å². The zero-order valence-corrected chi connectivity index (χ0v) is 19.4. The number of Topliss-reactive ketones (excluding diaryl/α,β-unsaturated/α-hetero) is 1. The predicted molar refractivity (Wildman–Crippen MR) is 130 cm³/mol. The molecule has 33 heavy (non-hydrogen) atoms. The highest BCUT2D eigenvalue weighted by molar-refractivity contribution is 7.07. The van der Waals surface area contributed by atoms with Gasteiger partial charge >= 0.3 is 0 Å². The molecule has 2 heterocycles. The molecule has 4 aromatic rings. The Morgan fingerprint density at radius 2 is 2.00 bits per heavy atom. The maximum Gasteiger partial charge on any atom is 0.273 e. The van der Waals surface area contributed by atoms with Crippen LogP contribution in [-0.4, -0.2) is 20.1 Å². The SMILES string of the molecule is CCc1cccc(-n2c(=O)/c(=C\c3cnn(C)c3)s/c2=C(/C#N)C(=O)c2ccccc2C)c1. The van der Waals surface area contributed by atoms with Crippen LogP contribution >= 0.6 is 11.3 Å². The van der Waals surface area contributed by atoms with Gasteiger partial charge in [0, 0.05) is 24.4 Å². The maximum absolute atomic E-state index is 13.5. The highest BCUT2D eigenvalue weighted by Crippen LogP contribution is 2.14. The van der Waals surface area contributed by atoms with E-state index in [0.29, 0.717) is 20.4 Å². The first kappa shape index (κ1) is 22.2. The zero-order valence-electron chi connectivity index (χ0n) is 18.6. The fourth-order valence-electron chi connectivity index (χ4n) is 3.62. The fourth-order valence-corrected chi connectivity index (χ4v) is 4.73. The molecule has 7 heteroatoms. The molecule has 0 amide bonds. The fraction of sp³-hybridized carbons (Fsp3) is 0.154. The Morgan fingerprint density at radius 3 is 2.67 bits per heavy atom. The van der Waals surface area contributed by atoms with Crippen LogP contribution in [0.15, 0.2) is 65.7 Å². The summed E-state index contributed by atoms with van der Waals surface area (Å²) in [7, 11) is 1.80. The van der Waals surface area contributed by atoms with Gasteiger partial charge in [-0.1, -0.05) is 43.3 Å². The van der Waals surface area contributed by atoms with E-state index in [1.54, 1.807) is 42.3 Å². The van der Waals surface area contributed by atoms with Gasteiger partial charge in [0.05, 0.1) is 16.4 Å². The molecule has 0 aliphatic rings. The molecule has 0 aliphatic carbocycles. The molecule has 0 saturated heterocycles. The van der Waals surface area contributed by atoms with Gasteiger partial charge in [0.15, 0.2) is 0 Å². The maximum atomic E-state index is 13.5. The van der Waals surface area contributed by atoms with Crippen LogP contribution in [0.2, 0.25) is 0 Å². The van der Waals surface area contributed by atoms with Crippen LogP contribution in [0, 0.1) is 18.3 Å². The van der Waals surface area contributed by atoms with Crippen molar-refractivity contribution in [1.29, 1.82) is 5.26 Å². The Hall–Kier alpha value is -4.02. The third kappa shape index (κ3) is 4.34.